The van der Waals surface area contributed by atoms with E-state index >= 15 is 0 Å². The normalized spacial score (nSPS) is 11.1. The van der Waals surface area contributed by atoms with Gasteiger partial charge in [0.05, 0.1) is 11.7 Å². The zero-order valence-electron chi connectivity index (χ0n) is 12.4. The second-order valence-electron chi connectivity index (χ2n) is 4.97. The topological polar surface area (TPSA) is 27.1 Å². The first-order valence-electron chi connectivity index (χ1n) is 7.18. The van der Waals surface area contributed by atoms with Crippen molar-refractivity contribution in [1.29, 1.82) is 0 Å². The molecule has 21 heavy (non-hydrogen) atoms. The van der Waals surface area contributed by atoms with Crippen LogP contribution < -0.4 is 4.74 Å². The van der Waals surface area contributed by atoms with Crippen LogP contribution in [-0.2, 0) is 11.9 Å². The number of aromatic nitrogens is 2. The molecular weight excluding hydrogens is 335 g/mol. The highest BCUT2D eigenvalue weighted by molar-refractivity contribution is 9.08. The Morgan fingerprint density at radius 1 is 1.29 bits per heavy atom. The fourth-order valence-electron chi connectivity index (χ4n) is 2.26. The maximum absolute atomic E-state index is 13.4. The highest BCUT2D eigenvalue weighted by atomic mass is 79.9. The number of nitrogens with zero attached hydrogens (tertiary/aromatic N) is 2. The summed E-state index contributed by atoms with van der Waals surface area (Å²) in [6, 6.07) is 7.08. The molecular formula is C16H20BrFN2O. The SMILES string of the molecule is CCC(CC)n1ccc(COc2cc(F)cc(CBr)c2)n1. The van der Waals surface area contributed by atoms with Crippen LogP contribution >= 0.6 is 15.9 Å². The molecule has 114 valence electrons. The van der Waals surface area contributed by atoms with E-state index in [9.17, 15) is 4.39 Å². The van der Waals surface area contributed by atoms with Crippen LogP contribution in [0.3, 0.4) is 0 Å². The monoisotopic (exact) mass is 354 g/mol. The molecule has 0 aliphatic carbocycles. The second-order valence-corrected chi connectivity index (χ2v) is 5.54. The number of hydrogen-bond donors (Lipinski definition) is 0. The lowest BCUT2D eigenvalue weighted by atomic mass is 10.2. The number of hydrogen-bond acceptors (Lipinski definition) is 2. The molecule has 1 heterocycles. The van der Waals surface area contributed by atoms with Crippen molar-refractivity contribution in [2.75, 3.05) is 0 Å². The summed E-state index contributed by atoms with van der Waals surface area (Å²) < 4.78 is 21.0. The third-order valence-electron chi connectivity index (χ3n) is 3.45. The van der Waals surface area contributed by atoms with E-state index in [1.54, 1.807) is 0 Å². The number of halogens is 2. The van der Waals surface area contributed by atoms with E-state index in [1.807, 2.05) is 23.0 Å². The molecule has 0 amide bonds. The zero-order valence-corrected chi connectivity index (χ0v) is 13.9. The standard InChI is InChI=1S/C16H20BrFN2O/c1-3-15(4-2)20-6-5-14(19-20)11-21-16-8-12(10-17)7-13(18)9-16/h5-9,15H,3-4,10-11H2,1-2H3. The Bertz CT molecular complexity index is 581. The molecule has 0 radical (unpaired) electrons. The smallest absolute Gasteiger partial charge is 0.132 e. The van der Waals surface area contributed by atoms with Gasteiger partial charge in [-0.3, -0.25) is 4.68 Å². The summed E-state index contributed by atoms with van der Waals surface area (Å²) in [7, 11) is 0. The van der Waals surface area contributed by atoms with E-state index in [0.29, 0.717) is 23.7 Å². The molecule has 2 aromatic rings. The summed E-state index contributed by atoms with van der Waals surface area (Å²) in [4.78, 5) is 0. The molecule has 1 aromatic heterocycles. The minimum absolute atomic E-state index is 0.287. The Labute approximate surface area is 133 Å². The van der Waals surface area contributed by atoms with Crippen LogP contribution in [0.15, 0.2) is 30.5 Å². The second kappa shape index (κ2) is 7.59. The van der Waals surface area contributed by atoms with Crippen molar-refractivity contribution in [3.63, 3.8) is 0 Å². The van der Waals surface area contributed by atoms with Gasteiger partial charge in [-0.05, 0) is 36.6 Å². The summed E-state index contributed by atoms with van der Waals surface area (Å²) in [5.41, 5.74) is 1.71. The van der Waals surface area contributed by atoms with Crippen LogP contribution in [0.4, 0.5) is 4.39 Å². The van der Waals surface area contributed by atoms with Gasteiger partial charge in [0.2, 0.25) is 0 Å². The van der Waals surface area contributed by atoms with Gasteiger partial charge in [0.15, 0.2) is 0 Å². The first-order valence-corrected chi connectivity index (χ1v) is 8.30. The summed E-state index contributed by atoms with van der Waals surface area (Å²) >= 11 is 3.32. The minimum Gasteiger partial charge on any atom is -0.487 e. The molecule has 0 bridgehead atoms. The third kappa shape index (κ3) is 4.30. The van der Waals surface area contributed by atoms with E-state index < -0.39 is 0 Å². The van der Waals surface area contributed by atoms with E-state index in [1.165, 1.54) is 12.1 Å². The molecule has 0 aliphatic rings. The Kier molecular flexibility index (Phi) is 5.79. The first-order chi connectivity index (χ1) is 10.2. The summed E-state index contributed by atoms with van der Waals surface area (Å²) in [6.07, 6.45) is 4.08. The molecule has 0 spiro atoms. The quantitative estimate of drug-likeness (QED) is 0.664. The first kappa shape index (κ1) is 16.0. The average Bonchev–Trinajstić information content (AvgIpc) is 2.94. The molecule has 0 N–H and O–H groups in total. The van der Waals surface area contributed by atoms with Gasteiger partial charge in [-0.25, -0.2) is 4.39 Å². The number of alkyl halides is 1. The molecule has 1 aromatic carbocycles. The van der Waals surface area contributed by atoms with Gasteiger partial charge >= 0.3 is 0 Å². The zero-order chi connectivity index (χ0) is 15.2. The van der Waals surface area contributed by atoms with Gasteiger partial charge in [-0.2, -0.15) is 5.10 Å². The van der Waals surface area contributed by atoms with Gasteiger partial charge < -0.3 is 4.74 Å². The molecule has 3 nitrogen and oxygen atoms in total. The van der Waals surface area contributed by atoms with Crippen LogP contribution in [0.1, 0.15) is 44.0 Å². The lowest BCUT2D eigenvalue weighted by Gasteiger charge is -2.12. The van der Waals surface area contributed by atoms with Gasteiger partial charge in [0.25, 0.3) is 0 Å². The van der Waals surface area contributed by atoms with Crippen LogP contribution in [0, 0.1) is 5.82 Å². The maximum Gasteiger partial charge on any atom is 0.132 e. The Balaban J connectivity index is 2.01. The molecule has 0 atom stereocenters. The van der Waals surface area contributed by atoms with Crippen LogP contribution in [0.2, 0.25) is 0 Å². The Hall–Kier alpha value is -1.36. The summed E-state index contributed by atoms with van der Waals surface area (Å²) in [5, 5.41) is 5.12. The van der Waals surface area contributed by atoms with Gasteiger partial charge in [0.1, 0.15) is 18.2 Å². The number of rotatable bonds is 7. The summed E-state index contributed by atoms with van der Waals surface area (Å²) in [6.45, 7) is 4.65. The molecule has 0 unspecified atom stereocenters. The molecule has 0 fully saturated rings. The van der Waals surface area contributed by atoms with E-state index in [4.69, 9.17) is 4.74 Å². The average molecular weight is 355 g/mol. The Morgan fingerprint density at radius 2 is 2.05 bits per heavy atom. The van der Waals surface area contributed by atoms with Crippen molar-refractivity contribution >= 4 is 15.9 Å². The number of benzene rings is 1. The Morgan fingerprint density at radius 3 is 2.71 bits per heavy atom. The van der Waals surface area contributed by atoms with E-state index in [0.717, 1.165) is 24.1 Å². The number of ether oxygens (including phenoxy) is 1. The highest BCUT2D eigenvalue weighted by Crippen LogP contribution is 2.20. The molecule has 2 rings (SSSR count). The highest BCUT2D eigenvalue weighted by Gasteiger charge is 2.08. The maximum atomic E-state index is 13.4. The van der Waals surface area contributed by atoms with Crippen molar-refractivity contribution in [2.24, 2.45) is 0 Å². The van der Waals surface area contributed by atoms with Gasteiger partial charge in [0, 0.05) is 17.6 Å². The van der Waals surface area contributed by atoms with Crippen molar-refractivity contribution in [2.45, 2.75) is 44.7 Å². The van der Waals surface area contributed by atoms with Gasteiger partial charge in [-0.15, -0.1) is 0 Å². The third-order valence-corrected chi connectivity index (χ3v) is 4.10. The summed E-state index contributed by atoms with van der Waals surface area (Å²) in [5.74, 6) is 0.242. The van der Waals surface area contributed by atoms with Crippen LogP contribution in [0.25, 0.3) is 0 Å². The van der Waals surface area contributed by atoms with E-state index in [-0.39, 0.29) is 5.82 Å². The lowest BCUT2D eigenvalue weighted by Crippen LogP contribution is -2.08. The lowest BCUT2D eigenvalue weighted by molar-refractivity contribution is 0.295. The minimum atomic E-state index is -0.287. The van der Waals surface area contributed by atoms with Gasteiger partial charge in [-0.1, -0.05) is 29.8 Å². The predicted octanol–water partition coefficient (Wildman–Crippen LogP) is 4.86. The largest absolute Gasteiger partial charge is 0.487 e. The van der Waals surface area contributed by atoms with E-state index in [2.05, 4.69) is 34.9 Å². The molecule has 5 heteroatoms. The molecule has 0 saturated carbocycles. The van der Waals surface area contributed by atoms with Crippen molar-refractivity contribution in [3.8, 4) is 5.75 Å². The molecule has 0 saturated heterocycles. The fraction of sp³-hybridized carbons (Fsp3) is 0.438. The van der Waals surface area contributed by atoms with Crippen molar-refractivity contribution in [1.82, 2.24) is 9.78 Å². The van der Waals surface area contributed by atoms with Crippen LogP contribution in [0.5, 0.6) is 5.75 Å². The predicted molar refractivity (Wildman–Crippen MR) is 85.2 cm³/mol. The fourth-order valence-corrected chi connectivity index (χ4v) is 2.58. The van der Waals surface area contributed by atoms with Crippen molar-refractivity contribution in [3.05, 3.63) is 47.5 Å². The molecule has 0 aliphatic heterocycles. The van der Waals surface area contributed by atoms with Crippen molar-refractivity contribution < 1.29 is 9.13 Å². The van der Waals surface area contributed by atoms with Crippen LogP contribution in [-0.4, -0.2) is 9.78 Å².